The number of rotatable bonds is 4. The Bertz CT molecular complexity index is 642. The van der Waals surface area contributed by atoms with Crippen molar-refractivity contribution in [3.8, 4) is 5.75 Å². The van der Waals surface area contributed by atoms with E-state index in [9.17, 15) is 4.39 Å². The second-order valence-electron chi connectivity index (χ2n) is 4.36. The molecule has 5 heteroatoms. The maximum absolute atomic E-state index is 13.5. The number of aryl methyl sites for hydroxylation is 1. The lowest BCUT2D eigenvalue weighted by molar-refractivity contribution is 0.297. The molecule has 2 rings (SSSR count). The number of benzene rings is 2. The van der Waals surface area contributed by atoms with Crippen molar-refractivity contribution in [2.75, 3.05) is 0 Å². The van der Waals surface area contributed by atoms with Crippen LogP contribution in [0, 0.1) is 12.7 Å². The van der Waals surface area contributed by atoms with Crippen molar-refractivity contribution in [3.63, 3.8) is 0 Å². The Hall–Kier alpha value is -2.56. The van der Waals surface area contributed by atoms with Crippen molar-refractivity contribution in [2.24, 2.45) is 10.9 Å². The number of nitrogens with two attached hydrogens (primary N) is 1. The number of amidine groups is 1. The molecule has 4 nitrogen and oxygen atoms in total. The summed E-state index contributed by atoms with van der Waals surface area (Å²) < 4.78 is 19.1. The summed E-state index contributed by atoms with van der Waals surface area (Å²) in [5.41, 5.74) is 7.48. The summed E-state index contributed by atoms with van der Waals surface area (Å²) in [7, 11) is 0. The van der Waals surface area contributed by atoms with Gasteiger partial charge < -0.3 is 15.7 Å². The van der Waals surface area contributed by atoms with Gasteiger partial charge in [-0.05, 0) is 25.1 Å². The van der Waals surface area contributed by atoms with Crippen LogP contribution in [-0.2, 0) is 6.61 Å². The number of hydrogen-bond donors (Lipinski definition) is 2. The quantitative estimate of drug-likeness (QED) is 0.390. The van der Waals surface area contributed by atoms with Crippen molar-refractivity contribution >= 4 is 5.84 Å². The van der Waals surface area contributed by atoms with Gasteiger partial charge in [0.25, 0.3) is 0 Å². The zero-order valence-electron chi connectivity index (χ0n) is 11.0. The molecule has 0 aromatic heterocycles. The Balaban J connectivity index is 2.24. The largest absolute Gasteiger partial charge is 0.488 e. The lowest BCUT2D eigenvalue weighted by atomic mass is 10.1. The van der Waals surface area contributed by atoms with E-state index in [1.807, 2.05) is 13.0 Å². The summed E-state index contributed by atoms with van der Waals surface area (Å²) in [5.74, 6) is 0.0661. The van der Waals surface area contributed by atoms with E-state index in [2.05, 4.69) is 5.16 Å². The third kappa shape index (κ3) is 3.06. The van der Waals surface area contributed by atoms with Crippen molar-refractivity contribution in [2.45, 2.75) is 13.5 Å². The second kappa shape index (κ2) is 6.06. The third-order valence-electron chi connectivity index (χ3n) is 2.86. The molecule has 0 aliphatic rings. The summed E-state index contributed by atoms with van der Waals surface area (Å²) >= 11 is 0. The molecule has 0 bridgehead atoms. The van der Waals surface area contributed by atoms with Gasteiger partial charge >= 0.3 is 0 Å². The SMILES string of the molecule is Cc1ccc(OCc2ccccc2F)c(/C(N)=N/O)c1. The van der Waals surface area contributed by atoms with Crippen LogP contribution in [-0.4, -0.2) is 11.0 Å². The first-order valence-electron chi connectivity index (χ1n) is 6.06. The molecule has 0 heterocycles. The predicted molar refractivity (Wildman–Crippen MR) is 74.4 cm³/mol. The van der Waals surface area contributed by atoms with Crippen LogP contribution in [0.25, 0.3) is 0 Å². The second-order valence-corrected chi connectivity index (χ2v) is 4.36. The molecule has 0 aliphatic carbocycles. The van der Waals surface area contributed by atoms with Crippen molar-refractivity contribution in [3.05, 3.63) is 65.0 Å². The van der Waals surface area contributed by atoms with Crippen LogP contribution >= 0.6 is 0 Å². The van der Waals surface area contributed by atoms with E-state index >= 15 is 0 Å². The fraction of sp³-hybridized carbons (Fsp3) is 0.133. The summed E-state index contributed by atoms with van der Waals surface area (Å²) in [6.07, 6.45) is 0. The van der Waals surface area contributed by atoms with E-state index < -0.39 is 0 Å². The van der Waals surface area contributed by atoms with Gasteiger partial charge in [0.05, 0.1) is 5.56 Å². The molecule has 0 saturated carbocycles. The summed E-state index contributed by atoms with van der Waals surface area (Å²) in [5, 5.41) is 11.8. The zero-order valence-corrected chi connectivity index (χ0v) is 11.0. The third-order valence-corrected chi connectivity index (χ3v) is 2.86. The fourth-order valence-electron chi connectivity index (χ4n) is 1.79. The molecular formula is C15H15FN2O2. The van der Waals surface area contributed by atoms with E-state index in [4.69, 9.17) is 15.7 Å². The smallest absolute Gasteiger partial charge is 0.173 e. The molecule has 0 atom stereocenters. The van der Waals surface area contributed by atoms with E-state index in [0.717, 1.165) is 5.56 Å². The zero-order chi connectivity index (χ0) is 14.5. The lowest BCUT2D eigenvalue weighted by Gasteiger charge is -2.12. The van der Waals surface area contributed by atoms with Gasteiger partial charge in [0.15, 0.2) is 5.84 Å². The Labute approximate surface area is 116 Å². The van der Waals surface area contributed by atoms with Gasteiger partial charge in [-0.2, -0.15) is 0 Å². The van der Waals surface area contributed by atoms with E-state index in [0.29, 0.717) is 16.9 Å². The Kier molecular flexibility index (Phi) is 4.20. The van der Waals surface area contributed by atoms with Crippen LogP contribution < -0.4 is 10.5 Å². The molecule has 3 N–H and O–H groups in total. The van der Waals surface area contributed by atoms with E-state index in [1.165, 1.54) is 6.07 Å². The Morgan fingerprint density at radius 1 is 1.30 bits per heavy atom. The normalized spacial score (nSPS) is 11.4. The highest BCUT2D eigenvalue weighted by Crippen LogP contribution is 2.21. The average Bonchev–Trinajstić information content (AvgIpc) is 2.46. The van der Waals surface area contributed by atoms with E-state index in [1.54, 1.807) is 30.3 Å². The molecule has 0 unspecified atom stereocenters. The van der Waals surface area contributed by atoms with Crippen LogP contribution in [0.4, 0.5) is 4.39 Å². The summed E-state index contributed by atoms with van der Waals surface area (Å²) in [4.78, 5) is 0. The lowest BCUT2D eigenvalue weighted by Crippen LogP contribution is -2.15. The molecule has 2 aromatic rings. The van der Waals surface area contributed by atoms with Crippen molar-refractivity contribution < 1.29 is 14.3 Å². The van der Waals surface area contributed by atoms with Gasteiger partial charge in [-0.25, -0.2) is 4.39 Å². The standard InChI is InChI=1S/C15H15FN2O2/c1-10-6-7-14(12(8-10)15(17)18-19)20-9-11-4-2-3-5-13(11)16/h2-8,19H,9H2,1H3,(H2,17,18). The number of nitrogens with zero attached hydrogens (tertiary/aromatic N) is 1. The van der Waals surface area contributed by atoms with Gasteiger partial charge in [0, 0.05) is 5.56 Å². The molecular weight excluding hydrogens is 259 g/mol. The minimum absolute atomic E-state index is 0.0442. The van der Waals surface area contributed by atoms with Gasteiger partial charge in [-0.3, -0.25) is 0 Å². The maximum Gasteiger partial charge on any atom is 0.173 e. The van der Waals surface area contributed by atoms with Gasteiger partial charge in [-0.15, -0.1) is 0 Å². The van der Waals surface area contributed by atoms with Crippen LogP contribution in [0.2, 0.25) is 0 Å². The van der Waals surface area contributed by atoms with Gasteiger partial charge in [-0.1, -0.05) is 35.0 Å². The number of oxime groups is 1. The fourth-order valence-corrected chi connectivity index (χ4v) is 1.79. The molecule has 0 aliphatic heterocycles. The molecule has 0 radical (unpaired) electrons. The minimum atomic E-state index is -0.329. The summed E-state index contributed by atoms with van der Waals surface area (Å²) in [6, 6.07) is 11.7. The highest BCUT2D eigenvalue weighted by Gasteiger charge is 2.10. The monoisotopic (exact) mass is 274 g/mol. The number of hydrogen-bond acceptors (Lipinski definition) is 3. The first-order chi connectivity index (χ1) is 9.61. The highest BCUT2D eigenvalue weighted by atomic mass is 19.1. The van der Waals surface area contributed by atoms with Crippen molar-refractivity contribution in [1.82, 2.24) is 0 Å². The van der Waals surface area contributed by atoms with Gasteiger partial charge in [0.1, 0.15) is 18.2 Å². The molecule has 0 fully saturated rings. The van der Waals surface area contributed by atoms with Crippen LogP contribution in [0.5, 0.6) is 5.75 Å². The van der Waals surface area contributed by atoms with Crippen LogP contribution in [0.15, 0.2) is 47.6 Å². The molecule has 20 heavy (non-hydrogen) atoms. The summed E-state index contributed by atoms with van der Waals surface area (Å²) in [6.45, 7) is 1.95. The van der Waals surface area contributed by atoms with Gasteiger partial charge in [0.2, 0.25) is 0 Å². The Morgan fingerprint density at radius 3 is 2.75 bits per heavy atom. The first-order valence-corrected chi connectivity index (χ1v) is 6.06. The van der Waals surface area contributed by atoms with Crippen LogP contribution in [0.1, 0.15) is 16.7 Å². The molecule has 104 valence electrons. The average molecular weight is 274 g/mol. The Morgan fingerprint density at radius 2 is 2.05 bits per heavy atom. The van der Waals surface area contributed by atoms with Crippen molar-refractivity contribution in [1.29, 1.82) is 0 Å². The molecule has 0 saturated heterocycles. The molecule has 0 amide bonds. The van der Waals surface area contributed by atoms with Crippen LogP contribution in [0.3, 0.4) is 0 Å². The van der Waals surface area contributed by atoms with E-state index in [-0.39, 0.29) is 18.3 Å². The number of ether oxygens (including phenoxy) is 1. The topological polar surface area (TPSA) is 67.8 Å². The molecule has 2 aromatic carbocycles. The first kappa shape index (κ1) is 13.9. The maximum atomic E-state index is 13.5. The number of halogens is 1. The minimum Gasteiger partial charge on any atom is -0.488 e. The molecule has 0 spiro atoms. The highest BCUT2D eigenvalue weighted by molar-refractivity contribution is 5.99. The predicted octanol–water partition coefficient (Wildman–Crippen LogP) is 2.81.